The average molecular weight is 295 g/mol. The van der Waals surface area contributed by atoms with Gasteiger partial charge in [-0.25, -0.2) is 9.59 Å². The third-order valence-electron chi connectivity index (χ3n) is 2.47. The standard InChI is InChI=1S/C14H17NO6/c1-3-20-12(17)14(19,13(18)21-4-2)15-11(16)10-8-6-5-7-9-10/h5-9,19H,3-4H2,1-2H3,(H,15,16). The molecule has 0 radical (unpaired) electrons. The molecule has 0 fully saturated rings. The zero-order valence-corrected chi connectivity index (χ0v) is 11.8. The van der Waals surface area contributed by atoms with Gasteiger partial charge < -0.3 is 19.9 Å². The smallest absolute Gasteiger partial charge is 0.372 e. The van der Waals surface area contributed by atoms with E-state index in [2.05, 4.69) is 9.47 Å². The highest BCUT2D eigenvalue weighted by Gasteiger charge is 2.49. The van der Waals surface area contributed by atoms with Gasteiger partial charge >= 0.3 is 17.7 Å². The average Bonchev–Trinajstić information content (AvgIpc) is 2.48. The number of carbonyl (C=O) groups is 3. The summed E-state index contributed by atoms with van der Waals surface area (Å²) in [7, 11) is 0. The molecule has 0 atom stereocenters. The van der Waals surface area contributed by atoms with Crippen molar-refractivity contribution in [3.05, 3.63) is 35.9 Å². The Morgan fingerprint density at radius 3 is 1.95 bits per heavy atom. The maximum Gasteiger partial charge on any atom is 0.372 e. The Morgan fingerprint density at radius 1 is 1.05 bits per heavy atom. The monoisotopic (exact) mass is 295 g/mol. The summed E-state index contributed by atoms with van der Waals surface area (Å²) < 4.78 is 9.21. The van der Waals surface area contributed by atoms with Crippen LogP contribution in [0.5, 0.6) is 0 Å². The number of hydrogen-bond donors (Lipinski definition) is 2. The maximum absolute atomic E-state index is 12.0. The quantitative estimate of drug-likeness (QED) is 0.442. The highest BCUT2D eigenvalue weighted by Crippen LogP contribution is 2.09. The molecule has 0 saturated carbocycles. The summed E-state index contributed by atoms with van der Waals surface area (Å²) in [6.07, 6.45) is 0. The highest BCUT2D eigenvalue weighted by atomic mass is 16.6. The molecule has 114 valence electrons. The van der Waals surface area contributed by atoms with Gasteiger partial charge in [-0.3, -0.25) is 4.79 Å². The van der Waals surface area contributed by atoms with Crippen LogP contribution >= 0.6 is 0 Å². The number of aliphatic hydroxyl groups is 1. The number of carbonyl (C=O) groups excluding carboxylic acids is 3. The van der Waals surface area contributed by atoms with Crippen molar-refractivity contribution in [2.75, 3.05) is 13.2 Å². The van der Waals surface area contributed by atoms with Crippen molar-refractivity contribution in [1.29, 1.82) is 0 Å². The Bertz CT molecular complexity index is 495. The van der Waals surface area contributed by atoms with E-state index in [1.54, 1.807) is 18.2 Å². The van der Waals surface area contributed by atoms with Crippen molar-refractivity contribution in [2.45, 2.75) is 19.6 Å². The van der Waals surface area contributed by atoms with Gasteiger partial charge in [0.05, 0.1) is 13.2 Å². The third kappa shape index (κ3) is 4.03. The number of benzene rings is 1. The first-order chi connectivity index (χ1) is 9.95. The molecule has 0 aliphatic rings. The highest BCUT2D eigenvalue weighted by molar-refractivity contribution is 6.08. The van der Waals surface area contributed by atoms with Gasteiger partial charge in [-0.2, -0.15) is 0 Å². The Morgan fingerprint density at radius 2 is 1.52 bits per heavy atom. The SMILES string of the molecule is CCOC(=O)C(O)(NC(=O)c1ccccc1)C(=O)OCC. The lowest BCUT2D eigenvalue weighted by atomic mass is 10.1. The Balaban J connectivity index is 2.99. The molecular weight excluding hydrogens is 278 g/mol. The fraction of sp³-hybridized carbons (Fsp3) is 0.357. The van der Waals surface area contributed by atoms with Crippen LogP contribution in [0.15, 0.2) is 30.3 Å². The first kappa shape index (κ1) is 16.6. The van der Waals surface area contributed by atoms with Gasteiger partial charge in [0, 0.05) is 5.56 Å². The molecule has 1 aromatic carbocycles. The maximum atomic E-state index is 12.0. The minimum atomic E-state index is -2.88. The lowest BCUT2D eigenvalue weighted by Crippen LogP contribution is -2.61. The lowest BCUT2D eigenvalue weighted by molar-refractivity contribution is -0.186. The van der Waals surface area contributed by atoms with Crippen LogP contribution in [-0.2, 0) is 19.1 Å². The molecule has 0 aliphatic heterocycles. The van der Waals surface area contributed by atoms with Crippen molar-refractivity contribution in [1.82, 2.24) is 5.32 Å². The number of rotatable bonds is 6. The van der Waals surface area contributed by atoms with E-state index >= 15 is 0 Å². The van der Waals surface area contributed by atoms with Crippen LogP contribution in [0.4, 0.5) is 0 Å². The second-order valence-corrected chi connectivity index (χ2v) is 3.97. The molecule has 21 heavy (non-hydrogen) atoms. The van der Waals surface area contributed by atoms with Crippen LogP contribution in [0.1, 0.15) is 24.2 Å². The van der Waals surface area contributed by atoms with Crippen molar-refractivity contribution in [3.63, 3.8) is 0 Å². The van der Waals surface area contributed by atoms with Crippen LogP contribution in [0.3, 0.4) is 0 Å². The first-order valence-electron chi connectivity index (χ1n) is 6.40. The minimum Gasteiger partial charge on any atom is -0.462 e. The number of esters is 2. The predicted molar refractivity (Wildman–Crippen MR) is 72.1 cm³/mol. The molecule has 0 spiro atoms. The van der Waals surface area contributed by atoms with Crippen LogP contribution < -0.4 is 5.32 Å². The first-order valence-corrected chi connectivity index (χ1v) is 6.40. The molecule has 7 heteroatoms. The molecule has 1 aromatic rings. The van der Waals surface area contributed by atoms with Crippen LogP contribution in [0.25, 0.3) is 0 Å². The Labute approximate surface area is 121 Å². The van der Waals surface area contributed by atoms with Gasteiger partial charge in [-0.05, 0) is 26.0 Å². The largest absolute Gasteiger partial charge is 0.462 e. The second kappa shape index (κ2) is 7.39. The third-order valence-corrected chi connectivity index (χ3v) is 2.47. The summed E-state index contributed by atoms with van der Waals surface area (Å²) in [6, 6.07) is 7.82. The van der Waals surface area contributed by atoms with Crippen molar-refractivity contribution >= 4 is 17.8 Å². The van der Waals surface area contributed by atoms with Gasteiger partial charge in [-0.1, -0.05) is 18.2 Å². The topological polar surface area (TPSA) is 102 Å². The van der Waals surface area contributed by atoms with Crippen LogP contribution in [0, 0.1) is 0 Å². The van der Waals surface area contributed by atoms with Gasteiger partial charge in [-0.15, -0.1) is 0 Å². The van der Waals surface area contributed by atoms with Crippen molar-refractivity contribution < 1.29 is 29.0 Å². The molecule has 0 aliphatic carbocycles. The summed E-state index contributed by atoms with van der Waals surface area (Å²) in [5.74, 6) is -3.40. The van der Waals surface area contributed by atoms with E-state index in [4.69, 9.17) is 0 Å². The van der Waals surface area contributed by atoms with Crippen molar-refractivity contribution in [2.24, 2.45) is 0 Å². The predicted octanol–water partition coefficient (Wildman–Crippen LogP) is 0.231. The molecule has 0 saturated heterocycles. The molecular formula is C14H17NO6. The lowest BCUT2D eigenvalue weighted by Gasteiger charge is -2.24. The van der Waals surface area contributed by atoms with E-state index in [-0.39, 0.29) is 18.8 Å². The normalized spacial score (nSPS) is 10.6. The fourth-order valence-electron chi connectivity index (χ4n) is 1.48. The zero-order valence-electron chi connectivity index (χ0n) is 11.8. The number of hydrogen-bond acceptors (Lipinski definition) is 6. The summed E-state index contributed by atoms with van der Waals surface area (Å²) in [4.78, 5) is 35.5. The van der Waals surface area contributed by atoms with Gasteiger partial charge in [0.15, 0.2) is 0 Å². The molecule has 7 nitrogen and oxygen atoms in total. The summed E-state index contributed by atoms with van der Waals surface area (Å²) >= 11 is 0. The number of ether oxygens (including phenoxy) is 2. The molecule has 2 N–H and O–H groups in total. The summed E-state index contributed by atoms with van der Waals surface area (Å²) in [5.41, 5.74) is -2.71. The second-order valence-electron chi connectivity index (χ2n) is 3.97. The molecule has 0 unspecified atom stereocenters. The molecule has 1 amide bonds. The van der Waals surface area contributed by atoms with Crippen molar-refractivity contribution in [3.8, 4) is 0 Å². The van der Waals surface area contributed by atoms with E-state index in [1.165, 1.54) is 26.0 Å². The van der Waals surface area contributed by atoms with Gasteiger partial charge in [0.1, 0.15) is 0 Å². The Kier molecular flexibility index (Phi) is 5.86. The van der Waals surface area contributed by atoms with Gasteiger partial charge in [0.2, 0.25) is 0 Å². The van der Waals surface area contributed by atoms with E-state index < -0.39 is 23.6 Å². The minimum absolute atomic E-state index is 0.0677. The molecule has 0 bridgehead atoms. The van der Waals surface area contributed by atoms with E-state index in [0.29, 0.717) is 0 Å². The zero-order chi connectivity index (χ0) is 15.9. The Hall–Kier alpha value is -2.41. The van der Waals surface area contributed by atoms with E-state index in [1.807, 2.05) is 5.32 Å². The van der Waals surface area contributed by atoms with Crippen LogP contribution in [-0.4, -0.2) is 41.9 Å². The van der Waals surface area contributed by atoms with Gasteiger partial charge in [0.25, 0.3) is 5.91 Å². The fourth-order valence-corrected chi connectivity index (χ4v) is 1.48. The molecule has 1 rings (SSSR count). The number of nitrogens with one attached hydrogen (secondary N) is 1. The molecule has 0 aromatic heterocycles. The van der Waals surface area contributed by atoms with E-state index in [9.17, 15) is 19.5 Å². The van der Waals surface area contributed by atoms with Crippen LogP contribution in [0.2, 0.25) is 0 Å². The molecule has 0 heterocycles. The summed E-state index contributed by atoms with van der Waals surface area (Å²) in [5, 5.41) is 12.1. The number of amides is 1. The summed E-state index contributed by atoms with van der Waals surface area (Å²) in [6.45, 7) is 2.87. The van der Waals surface area contributed by atoms with E-state index in [0.717, 1.165) is 0 Å².